The lowest BCUT2D eigenvalue weighted by molar-refractivity contribution is -0.135. The molecule has 0 aliphatic carbocycles. The fraction of sp³-hybridized carbons (Fsp3) is 0.364. The highest BCUT2D eigenvalue weighted by atomic mass is 32.2. The van der Waals surface area contributed by atoms with Crippen LogP contribution in [-0.4, -0.2) is 21.1 Å². The second-order valence-corrected chi connectivity index (χ2v) is 5.72. The van der Waals surface area contributed by atoms with Gasteiger partial charge in [-0.05, 0) is 24.6 Å². The summed E-state index contributed by atoms with van der Waals surface area (Å²) in [5, 5.41) is 8.84. The van der Waals surface area contributed by atoms with E-state index in [1.54, 1.807) is 6.07 Å². The predicted molar refractivity (Wildman–Crippen MR) is 66.0 cm³/mol. The second-order valence-electron chi connectivity index (χ2n) is 3.98. The Kier molecular flexibility index (Phi) is 4.97. The van der Waals surface area contributed by atoms with Gasteiger partial charge in [-0.2, -0.15) is 18.4 Å². The van der Waals surface area contributed by atoms with E-state index in [1.807, 2.05) is 4.72 Å². The standard InChI is InChI=1S/C11H12F3N3O2S/c12-11(13,14)4-1-5-17-20(18,19)10-3-2-9(16)6-8(10)7-15/h2-3,6,17H,1,4-5,16H2. The van der Waals surface area contributed by atoms with Crippen molar-refractivity contribution >= 4 is 15.7 Å². The van der Waals surface area contributed by atoms with Crippen molar-refractivity contribution in [3.8, 4) is 6.07 Å². The van der Waals surface area contributed by atoms with Crippen molar-refractivity contribution in [3.63, 3.8) is 0 Å². The van der Waals surface area contributed by atoms with E-state index in [4.69, 9.17) is 11.0 Å². The van der Waals surface area contributed by atoms with Gasteiger partial charge in [0.15, 0.2) is 0 Å². The van der Waals surface area contributed by atoms with E-state index in [2.05, 4.69) is 0 Å². The molecule has 0 aromatic heterocycles. The molecule has 0 fully saturated rings. The zero-order valence-electron chi connectivity index (χ0n) is 10.2. The van der Waals surface area contributed by atoms with E-state index in [1.165, 1.54) is 12.1 Å². The third-order valence-electron chi connectivity index (χ3n) is 2.34. The minimum Gasteiger partial charge on any atom is -0.399 e. The van der Waals surface area contributed by atoms with Gasteiger partial charge in [0.2, 0.25) is 10.0 Å². The van der Waals surface area contributed by atoms with Gasteiger partial charge in [-0.3, -0.25) is 0 Å². The summed E-state index contributed by atoms with van der Waals surface area (Å²) >= 11 is 0. The number of nitriles is 1. The highest BCUT2D eigenvalue weighted by Gasteiger charge is 2.26. The number of halogens is 3. The SMILES string of the molecule is N#Cc1cc(N)ccc1S(=O)(=O)NCCCC(F)(F)F. The first-order valence-corrected chi connectivity index (χ1v) is 7.00. The normalized spacial score (nSPS) is 12.1. The minimum atomic E-state index is -4.33. The van der Waals surface area contributed by atoms with Gasteiger partial charge < -0.3 is 5.73 Å². The van der Waals surface area contributed by atoms with E-state index >= 15 is 0 Å². The molecule has 0 saturated carbocycles. The Morgan fingerprint density at radius 2 is 2.00 bits per heavy atom. The van der Waals surface area contributed by atoms with Crippen LogP contribution in [0.2, 0.25) is 0 Å². The van der Waals surface area contributed by atoms with Crippen LogP contribution in [0, 0.1) is 11.3 Å². The van der Waals surface area contributed by atoms with Crippen molar-refractivity contribution in [2.24, 2.45) is 0 Å². The Balaban J connectivity index is 2.78. The summed E-state index contributed by atoms with van der Waals surface area (Å²) in [5.74, 6) is 0. The van der Waals surface area contributed by atoms with Crippen molar-refractivity contribution in [2.75, 3.05) is 12.3 Å². The molecular formula is C11H12F3N3O2S. The first-order chi connectivity index (χ1) is 9.15. The maximum atomic E-state index is 11.9. The number of nitrogens with zero attached hydrogens (tertiary/aromatic N) is 1. The summed E-state index contributed by atoms with van der Waals surface area (Å²) < 4.78 is 61.5. The molecule has 0 spiro atoms. The van der Waals surface area contributed by atoms with Crippen molar-refractivity contribution in [2.45, 2.75) is 23.9 Å². The van der Waals surface area contributed by atoms with Crippen LogP contribution in [-0.2, 0) is 10.0 Å². The maximum Gasteiger partial charge on any atom is 0.389 e. The minimum absolute atomic E-state index is 0.159. The van der Waals surface area contributed by atoms with E-state index in [0.29, 0.717) is 0 Å². The van der Waals surface area contributed by atoms with Crippen LogP contribution in [0.3, 0.4) is 0 Å². The van der Waals surface area contributed by atoms with Crippen molar-refractivity contribution in [1.82, 2.24) is 4.72 Å². The first-order valence-electron chi connectivity index (χ1n) is 5.52. The highest BCUT2D eigenvalue weighted by Crippen LogP contribution is 2.21. The molecule has 0 amide bonds. The molecule has 0 unspecified atom stereocenters. The van der Waals surface area contributed by atoms with Crippen LogP contribution in [0.15, 0.2) is 23.1 Å². The van der Waals surface area contributed by atoms with Crippen LogP contribution >= 0.6 is 0 Å². The van der Waals surface area contributed by atoms with Gasteiger partial charge in [0.1, 0.15) is 6.07 Å². The topological polar surface area (TPSA) is 96.0 Å². The Bertz CT molecular complexity index is 621. The molecule has 110 valence electrons. The van der Waals surface area contributed by atoms with Gasteiger partial charge in [0.05, 0.1) is 10.5 Å². The molecule has 0 atom stereocenters. The van der Waals surface area contributed by atoms with Gasteiger partial charge in [-0.15, -0.1) is 0 Å². The molecule has 9 heteroatoms. The number of rotatable bonds is 5. The summed E-state index contributed by atoms with van der Waals surface area (Å²) in [6.07, 6.45) is -5.79. The quantitative estimate of drug-likeness (QED) is 0.640. The van der Waals surface area contributed by atoms with Crippen LogP contribution in [0.4, 0.5) is 18.9 Å². The molecule has 20 heavy (non-hydrogen) atoms. The monoisotopic (exact) mass is 307 g/mol. The van der Waals surface area contributed by atoms with Crippen LogP contribution < -0.4 is 10.5 Å². The van der Waals surface area contributed by atoms with E-state index in [-0.39, 0.29) is 29.1 Å². The zero-order valence-corrected chi connectivity index (χ0v) is 11.1. The van der Waals surface area contributed by atoms with Crippen molar-refractivity contribution < 1.29 is 21.6 Å². The van der Waals surface area contributed by atoms with E-state index < -0.39 is 22.6 Å². The van der Waals surface area contributed by atoms with Gasteiger partial charge in [-0.25, -0.2) is 13.1 Å². The van der Waals surface area contributed by atoms with E-state index in [9.17, 15) is 21.6 Å². The molecular weight excluding hydrogens is 295 g/mol. The Hall–Kier alpha value is -1.79. The van der Waals surface area contributed by atoms with Gasteiger partial charge in [-0.1, -0.05) is 0 Å². The number of nitrogen functional groups attached to an aromatic ring is 1. The van der Waals surface area contributed by atoms with Gasteiger partial charge in [0.25, 0.3) is 0 Å². The van der Waals surface area contributed by atoms with Crippen LogP contribution in [0.25, 0.3) is 0 Å². The number of benzene rings is 1. The van der Waals surface area contributed by atoms with E-state index in [0.717, 1.165) is 6.07 Å². The third kappa shape index (κ3) is 4.71. The fourth-order valence-corrected chi connectivity index (χ4v) is 2.65. The number of hydrogen-bond acceptors (Lipinski definition) is 4. The summed E-state index contributed by atoms with van der Waals surface area (Å²) in [7, 11) is -4.03. The van der Waals surface area contributed by atoms with Crippen molar-refractivity contribution in [1.29, 1.82) is 5.26 Å². The number of hydrogen-bond donors (Lipinski definition) is 2. The lowest BCUT2D eigenvalue weighted by Crippen LogP contribution is -2.26. The summed E-state index contributed by atoms with van der Waals surface area (Å²) in [6.45, 7) is -0.364. The van der Waals surface area contributed by atoms with Crippen LogP contribution in [0.1, 0.15) is 18.4 Å². The first kappa shape index (κ1) is 16.3. The lowest BCUT2D eigenvalue weighted by Gasteiger charge is -2.09. The molecule has 0 aliphatic heterocycles. The largest absolute Gasteiger partial charge is 0.399 e. The molecule has 0 radical (unpaired) electrons. The average Bonchev–Trinajstić information content (AvgIpc) is 2.33. The van der Waals surface area contributed by atoms with Gasteiger partial charge in [0, 0.05) is 18.7 Å². The Labute approximate surface area is 114 Å². The molecule has 0 heterocycles. The molecule has 1 aromatic carbocycles. The molecule has 0 aliphatic rings. The fourth-order valence-electron chi connectivity index (χ4n) is 1.44. The second kappa shape index (κ2) is 6.11. The molecule has 1 rings (SSSR count). The molecule has 0 saturated heterocycles. The Morgan fingerprint density at radius 1 is 1.35 bits per heavy atom. The lowest BCUT2D eigenvalue weighted by atomic mass is 10.2. The predicted octanol–water partition coefficient (Wildman–Crippen LogP) is 1.76. The van der Waals surface area contributed by atoms with Gasteiger partial charge >= 0.3 is 6.18 Å². The summed E-state index contributed by atoms with van der Waals surface area (Å²) in [4.78, 5) is -0.304. The molecule has 5 nitrogen and oxygen atoms in total. The average molecular weight is 307 g/mol. The Morgan fingerprint density at radius 3 is 2.55 bits per heavy atom. The van der Waals surface area contributed by atoms with Crippen molar-refractivity contribution in [3.05, 3.63) is 23.8 Å². The number of nitrogens with one attached hydrogen (secondary N) is 1. The summed E-state index contributed by atoms with van der Waals surface area (Å²) in [6, 6.07) is 5.30. The molecule has 1 aromatic rings. The van der Waals surface area contributed by atoms with Crippen LogP contribution in [0.5, 0.6) is 0 Å². The number of nitrogens with two attached hydrogens (primary N) is 1. The third-order valence-corrected chi connectivity index (χ3v) is 3.86. The maximum absolute atomic E-state index is 11.9. The highest BCUT2D eigenvalue weighted by molar-refractivity contribution is 7.89. The summed E-state index contributed by atoms with van der Waals surface area (Å²) in [5.41, 5.74) is 5.49. The molecule has 0 bridgehead atoms. The number of anilines is 1. The molecule has 3 N–H and O–H groups in total. The smallest absolute Gasteiger partial charge is 0.389 e. The zero-order chi connectivity index (χ0) is 15.4. The number of sulfonamides is 1. The number of alkyl halides is 3.